The van der Waals surface area contributed by atoms with E-state index in [-0.39, 0.29) is 30.6 Å². The summed E-state index contributed by atoms with van der Waals surface area (Å²) in [7, 11) is 1.82. The maximum atomic E-state index is 11.3. The third kappa shape index (κ3) is 6.59. The number of hydrogen-bond acceptors (Lipinski definition) is 8. The molecule has 2 N–H and O–H groups in total. The molecule has 1 fully saturated rings. The van der Waals surface area contributed by atoms with Gasteiger partial charge in [0.1, 0.15) is 0 Å². The Morgan fingerprint density at radius 3 is 2.42 bits per heavy atom. The van der Waals surface area contributed by atoms with Gasteiger partial charge in [0.05, 0.1) is 18.8 Å². The molecule has 2 heterocycles. The first kappa shape index (κ1) is 28.0. The quantitative estimate of drug-likeness (QED) is 0.287. The molecule has 1 saturated heterocycles. The van der Waals surface area contributed by atoms with Crippen LogP contribution in [0.3, 0.4) is 0 Å². The Labute approximate surface area is 237 Å². The number of amides is 1. The lowest BCUT2D eigenvalue weighted by molar-refractivity contribution is -0.268. The van der Waals surface area contributed by atoms with Crippen LogP contribution in [0.4, 0.5) is 0 Å². The van der Waals surface area contributed by atoms with Crippen LogP contribution in [-0.2, 0) is 34.5 Å². The Bertz CT molecular complexity index is 1430. The second-order valence-electron chi connectivity index (χ2n) is 9.95. The van der Waals surface area contributed by atoms with E-state index in [2.05, 4.69) is 52.0 Å². The summed E-state index contributed by atoms with van der Waals surface area (Å²) < 4.78 is 14.8. The van der Waals surface area contributed by atoms with Gasteiger partial charge >= 0.3 is 0 Å². The van der Waals surface area contributed by atoms with Crippen molar-refractivity contribution in [1.29, 1.82) is 0 Å². The van der Waals surface area contributed by atoms with Gasteiger partial charge in [0.15, 0.2) is 6.29 Å². The Hall–Kier alpha value is -3.57. The van der Waals surface area contributed by atoms with E-state index in [9.17, 15) is 9.90 Å². The number of rotatable bonds is 9. The maximum Gasteiger partial charge on any atom is 0.217 e. The minimum absolute atomic E-state index is 0.000586. The van der Waals surface area contributed by atoms with Crippen LogP contribution < -0.4 is 5.32 Å². The van der Waals surface area contributed by atoms with Gasteiger partial charge in [0.2, 0.25) is 11.1 Å². The third-order valence-corrected chi connectivity index (χ3v) is 8.17. The average molecular weight is 560 g/mol. The van der Waals surface area contributed by atoms with Gasteiger partial charge in [-0.2, -0.15) is 0 Å². The number of thioether (sulfide) groups is 1. The fraction of sp³-hybridized carbons (Fsp3) is 0.333. The molecular formula is C30H33N5O4S. The molecule has 3 aromatic carbocycles. The largest absolute Gasteiger partial charge is 0.392 e. The van der Waals surface area contributed by atoms with Crippen molar-refractivity contribution in [3.05, 3.63) is 95.1 Å². The van der Waals surface area contributed by atoms with Gasteiger partial charge in [-0.3, -0.25) is 4.79 Å². The van der Waals surface area contributed by atoms with Crippen LogP contribution >= 0.6 is 11.8 Å². The number of nitrogens with zero attached hydrogens (tertiary/aromatic N) is 4. The van der Waals surface area contributed by atoms with Crippen LogP contribution in [0.15, 0.2) is 78.0 Å². The normalized spacial score (nSPS) is 20.8. The van der Waals surface area contributed by atoms with Gasteiger partial charge in [-0.1, -0.05) is 85.4 Å². The second kappa shape index (κ2) is 12.7. The summed E-state index contributed by atoms with van der Waals surface area (Å²) in [4.78, 5) is 11.3. The number of aromatic nitrogens is 4. The summed E-state index contributed by atoms with van der Waals surface area (Å²) in [6.45, 7) is 4.15. The highest BCUT2D eigenvalue weighted by atomic mass is 32.2. The Balaban J connectivity index is 1.37. The number of nitrogens with one attached hydrogen (secondary N) is 1. The number of carbonyl (C=O) groups excluding carboxylic acids is 1. The fourth-order valence-electron chi connectivity index (χ4n) is 4.73. The van der Waals surface area contributed by atoms with Crippen molar-refractivity contribution < 1.29 is 19.4 Å². The van der Waals surface area contributed by atoms with E-state index >= 15 is 0 Å². The smallest absolute Gasteiger partial charge is 0.217 e. The van der Waals surface area contributed by atoms with E-state index < -0.39 is 6.29 Å². The molecule has 208 valence electrons. The lowest BCUT2D eigenvalue weighted by Gasteiger charge is -2.41. The first-order chi connectivity index (χ1) is 19.4. The highest BCUT2D eigenvalue weighted by Crippen LogP contribution is 2.43. The molecule has 40 heavy (non-hydrogen) atoms. The molecule has 1 aromatic heterocycles. The number of ether oxygens (including phenoxy) is 2. The van der Waals surface area contributed by atoms with E-state index in [1.807, 2.05) is 55.6 Å². The van der Waals surface area contributed by atoms with Crippen molar-refractivity contribution in [3.8, 4) is 11.1 Å². The Morgan fingerprint density at radius 1 is 1.00 bits per heavy atom. The van der Waals surface area contributed by atoms with Crippen molar-refractivity contribution >= 4 is 17.7 Å². The first-order valence-corrected chi connectivity index (χ1v) is 14.2. The van der Waals surface area contributed by atoms with Crippen LogP contribution in [0.5, 0.6) is 0 Å². The minimum atomic E-state index is -0.554. The molecule has 1 aliphatic heterocycles. The van der Waals surface area contributed by atoms with Gasteiger partial charge in [0.25, 0.3) is 0 Å². The highest BCUT2D eigenvalue weighted by molar-refractivity contribution is 7.99. The molecule has 1 aliphatic rings. The molecule has 10 heteroatoms. The van der Waals surface area contributed by atoms with E-state index in [0.29, 0.717) is 12.3 Å². The molecular weight excluding hydrogens is 526 g/mol. The zero-order valence-corrected chi connectivity index (χ0v) is 23.5. The van der Waals surface area contributed by atoms with Crippen LogP contribution in [0, 0.1) is 5.92 Å². The van der Waals surface area contributed by atoms with Crippen LogP contribution in [0.1, 0.15) is 48.5 Å². The predicted octanol–water partition coefficient (Wildman–Crippen LogP) is 4.59. The summed E-state index contributed by atoms with van der Waals surface area (Å²) in [6.07, 6.45) is -0.866. The van der Waals surface area contributed by atoms with Crippen molar-refractivity contribution in [1.82, 2.24) is 25.5 Å². The molecule has 0 aliphatic carbocycles. The van der Waals surface area contributed by atoms with Crippen LogP contribution in [0.2, 0.25) is 0 Å². The van der Waals surface area contributed by atoms with Gasteiger partial charge in [-0.15, -0.1) is 5.10 Å². The van der Waals surface area contributed by atoms with Crippen LogP contribution in [-0.4, -0.2) is 43.1 Å². The summed E-state index contributed by atoms with van der Waals surface area (Å²) in [6, 6.07) is 24.2. The SMILES string of the molecule is CC(=O)NCc1cccc(-c2ccc([C@@H]3O[C@H](CSc4nnnn4C)[C@H](C)[C@H](c4ccc(CO)cc4)O3)cc2)c1. The molecule has 0 unspecified atom stereocenters. The molecule has 1 amide bonds. The second-order valence-corrected chi connectivity index (χ2v) is 10.9. The summed E-state index contributed by atoms with van der Waals surface area (Å²) in [5.74, 6) is 0.680. The monoisotopic (exact) mass is 559 g/mol. The van der Waals surface area contributed by atoms with E-state index in [4.69, 9.17) is 9.47 Å². The number of aliphatic hydroxyl groups excluding tert-OH is 1. The zero-order chi connectivity index (χ0) is 28.1. The summed E-state index contributed by atoms with van der Waals surface area (Å²) >= 11 is 1.56. The highest BCUT2D eigenvalue weighted by Gasteiger charge is 2.38. The molecule has 0 spiro atoms. The first-order valence-electron chi connectivity index (χ1n) is 13.2. The number of tetrazole rings is 1. The van der Waals surface area contributed by atoms with Gasteiger partial charge in [-0.05, 0) is 44.3 Å². The van der Waals surface area contributed by atoms with Crippen molar-refractivity contribution in [2.24, 2.45) is 13.0 Å². The predicted molar refractivity (Wildman–Crippen MR) is 152 cm³/mol. The maximum absolute atomic E-state index is 11.3. The molecule has 0 bridgehead atoms. The number of aryl methyl sites for hydroxylation is 1. The molecule has 4 aromatic rings. The van der Waals surface area contributed by atoms with Gasteiger partial charge < -0.3 is 19.9 Å². The third-order valence-electron chi connectivity index (χ3n) is 7.07. The standard InChI is InChI=1S/C30H33N5O4S/c1-19-27(18-40-30-32-33-34-35(30)3)38-29(39-28(19)24-9-7-21(17-36)8-10-24)25-13-11-23(12-14-25)26-6-4-5-22(15-26)16-31-20(2)37/h4-15,19,27-29,36H,16-18H2,1-3H3,(H,31,37)/t19-,27+,28+,29+/m0/s1. The molecule has 4 atom stereocenters. The number of aliphatic hydroxyl groups is 1. The topological polar surface area (TPSA) is 111 Å². The molecule has 9 nitrogen and oxygen atoms in total. The van der Waals surface area contributed by atoms with E-state index in [1.54, 1.807) is 16.4 Å². The van der Waals surface area contributed by atoms with Crippen molar-refractivity contribution in [3.63, 3.8) is 0 Å². The van der Waals surface area contributed by atoms with Crippen LogP contribution in [0.25, 0.3) is 11.1 Å². The number of benzene rings is 3. The summed E-state index contributed by atoms with van der Waals surface area (Å²) in [5.41, 5.74) is 6.01. The average Bonchev–Trinajstić information content (AvgIpc) is 3.40. The summed E-state index contributed by atoms with van der Waals surface area (Å²) in [5, 5.41) is 24.8. The number of hydrogen-bond donors (Lipinski definition) is 2. The van der Waals surface area contributed by atoms with Gasteiger partial charge in [-0.25, -0.2) is 4.68 Å². The molecule has 0 saturated carbocycles. The molecule has 5 rings (SSSR count). The van der Waals surface area contributed by atoms with Crippen molar-refractivity contribution in [2.75, 3.05) is 5.75 Å². The number of carbonyl (C=O) groups is 1. The Kier molecular flexibility index (Phi) is 8.91. The molecule has 0 radical (unpaired) electrons. The van der Waals surface area contributed by atoms with Gasteiger partial charge in [0, 0.05) is 37.8 Å². The fourth-order valence-corrected chi connectivity index (χ4v) is 5.74. The van der Waals surface area contributed by atoms with Crippen molar-refractivity contribution in [2.45, 2.75) is 50.7 Å². The van der Waals surface area contributed by atoms with E-state index in [0.717, 1.165) is 38.5 Å². The lowest BCUT2D eigenvalue weighted by atomic mass is 9.91. The van der Waals surface area contributed by atoms with E-state index in [1.165, 1.54) is 6.92 Å². The minimum Gasteiger partial charge on any atom is -0.392 e. The lowest BCUT2D eigenvalue weighted by Crippen LogP contribution is -2.38. The Morgan fingerprint density at radius 2 is 1.75 bits per heavy atom. The zero-order valence-electron chi connectivity index (χ0n) is 22.7.